The third-order valence-electron chi connectivity index (χ3n) is 4.09. The second kappa shape index (κ2) is 9.76. The zero-order valence-electron chi connectivity index (χ0n) is 16.5. The van der Waals surface area contributed by atoms with Gasteiger partial charge < -0.3 is 33.9 Å². The predicted octanol–water partition coefficient (Wildman–Crippen LogP) is 2.41. The van der Waals surface area contributed by atoms with E-state index in [1.54, 1.807) is 0 Å². The van der Waals surface area contributed by atoms with Gasteiger partial charge in [0.25, 0.3) is 0 Å². The molecule has 0 aliphatic rings. The van der Waals surface area contributed by atoms with Gasteiger partial charge in [0.05, 0.1) is 38.6 Å². The number of carbonyl (C=O) groups is 2. The number of esters is 2. The van der Waals surface area contributed by atoms with Crippen LogP contribution in [-0.2, 0) is 27.4 Å². The van der Waals surface area contributed by atoms with Gasteiger partial charge in [-0.1, -0.05) is 0 Å². The van der Waals surface area contributed by atoms with Crippen LogP contribution in [0.3, 0.4) is 0 Å². The molecule has 0 bridgehead atoms. The van der Waals surface area contributed by atoms with Gasteiger partial charge in [-0.05, 0) is 24.3 Å². The summed E-state index contributed by atoms with van der Waals surface area (Å²) in [6.45, 7) is -0.115. The third kappa shape index (κ3) is 4.58. The van der Waals surface area contributed by atoms with Crippen molar-refractivity contribution in [2.24, 2.45) is 0 Å². The van der Waals surface area contributed by atoms with Gasteiger partial charge in [-0.3, -0.25) is 0 Å². The van der Waals surface area contributed by atoms with Crippen molar-refractivity contribution >= 4 is 11.9 Å². The SMILES string of the molecule is COCc1c(C(=O)OC(=O)c2ccc(O)c(OC)c2COC)ccc(O)c1OC. The molecule has 0 saturated carbocycles. The van der Waals surface area contributed by atoms with Crippen LogP contribution in [0, 0.1) is 0 Å². The van der Waals surface area contributed by atoms with E-state index in [-0.39, 0.29) is 58.5 Å². The summed E-state index contributed by atoms with van der Waals surface area (Å²) in [5.41, 5.74) is 0.448. The van der Waals surface area contributed by atoms with Crippen molar-refractivity contribution in [3.63, 3.8) is 0 Å². The molecule has 156 valence electrons. The maximum absolute atomic E-state index is 12.6. The van der Waals surface area contributed by atoms with Crippen molar-refractivity contribution in [2.45, 2.75) is 13.2 Å². The van der Waals surface area contributed by atoms with Gasteiger partial charge in [0.15, 0.2) is 23.0 Å². The van der Waals surface area contributed by atoms with E-state index in [0.29, 0.717) is 0 Å². The van der Waals surface area contributed by atoms with E-state index in [9.17, 15) is 19.8 Å². The number of aromatic hydroxyl groups is 2. The lowest BCUT2D eigenvalue weighted by Crippen LogP contribution is -2.17. The normalized spacial score (nSPS) is 10.5. The molecule has 0 heterocycles. The van der Waals surface area contributed by atoms with Gasteiger partial charge >= 0.3 is 11.9 Å². The first-order valence-electron chi connectivity index (χ1n) is 8.41. The van der Waals surface area contributed by atoms with Crippen LogP contribution >= 0.6 is 0 Å². The third-order valence-corrected chi connectivity index (χ3v) is 4.09. The molecule has 0 amide bonds. The summed E-state index contributed by atoms with van der Waals surface area (Å²) in [5.74, 6) is -2.21. The molecule has 0 atom stereocenters. The van der Waals surface area contributed by atoms with E-state index >= 15 is 0 Å². The molecule has 0 unspecified atom stereocenters. The standard InChI is InChI=1S/C20H22O9/c1-25-9-13-11(5-7-15(21)17(13)27-3)19(23)29-20(24)12-6-8-16(22)18(28-4)14(12)10-26-2/h5-8,21-22H,9-10H2,1-4H3. The molecule has 2 N–H and O–H groups in total. The summed E-state index contributed by atoms with van der Waals surface area (Å²) >= 11 is 0. The Kier molecular flexibility index (Phi) is 7.40. The molecular weight excluding hydrogens is 384 g/mol. The number of ether oxygens (including phenoxy) is 5. The Morgan fingerprint density at radius 1 is 0.724 bits per heavy atom. The molecule has 0 aliphatic heterocycles. The van der Waals surface area contributed by atoms with Crippen molar-refractivity contribution < 1.29 is 43.5 Å². The molecule has 0 saturated heterocycles. The van der Waals surface area contributed by atoms with E-state index in [1.165, 1.54) is 52.7 Å². The number of rotatable bonds is 8. The summed E-state index contributed by atoms with van der Waals surface area (Å²) in [5, 5.41) is 19.8. The van der Waals surface area contributed by atoms with Crippen molar-refractivity contribution in [1.82, 2.24) is 0 Å². The highest BCUT2D eigenvalue weighted by molar-refractivity contribution is 6.04. The molecule has 0 radical (unpaired) electrons. The zero-order valence-corrected chi connectivity index (χ0v) is 16.5. The Labute approximate surface area is 167 Å². The fourth-order valence-electron chi connectivity index (χ4n) is 2.84. The van der Waals surface area contributed by atoms with Crippen LogP contribution in [0.25, 0.3) is 0 Å². The van der Waals surface area contributed by atoms with E-state index in [2.05, 4.69) is 0 Å². The predicted molar refractivity (Wildman–Crippen MR) is 100 cm³/mol. The Hall–Kier alpha value is -3.30. The summed E-state index contributed by atoms with van der Waals surface area (Å²) in [6.07, 6.45) is 0. The summed E-state index contributed by atoms with van der Waals surface area (Å²) < 4.78 is 25.4. The average Bonchev–Trinajstić information content (AvgIpc) is 2.69. The highest BCUT2D eigenvalue weighted by Gasteiger charge is 2.25. The molecule has 9 nitrogen and oxygen atoms in total. The van der Waals surface area contributed by atoms with E-state index in [1.807, 2.05) is 0 Å². The van der Waals surface area contributed by atoms with Gasteiger partial charge in [-0.15, -0.1) is 0 Å². The van der Waals surface area contributed by atoms with Gasteiger partial charge in [-0.2, -0.15) is 0 Å². The molecule has 9 heteroatoms. The zero-order chi connectivity index (χ0) is 21.6. The summed E-state index contributed by atoms with van der Waals surface area (Å²) in [6, 6.07) is 5.10. The second-order valence-electron chi connectivity index (χ2n) is 5.83. The smallest absolute Gasteiger partial charge is 0.346 e. The molecule has 2 rings (SSSR count). The first-order valence-corrected chi connectivity index (χ1v) is 8.41. The van der Waals surface area contributed by atoms with Crippen molar-refractivity contribution in [3.05, 3.63) is 46.5 Å². The Bertz CT molecular complexity index is 832. The van der Waals surface area contributed by atoms with Crippen LogP contribution in [0.5, 0.6) is 23.0 Å². The molecule has 0 spiro atoms. The molecule has 0 aromatic heterocycles. The van der Waals surface area contributed by atoms with E-state index in [4.69, 9.17) is 23.7 Å². The van der Waals surface area contributed by atoms with Crippen LogP contribution < -0.4 is 9.47 Å². The minimum atomic E-state index is -0.962. The average molecular weight is 406 g/mol. The van der Waals surface area contributed by atoms with Crippen molar-refractivity contribution in [1.29, 1.82) is 0 Å². The van der Waals surface area contributed by atoms with Crippen LogP contribution in [0.15, 0.2) is 24.3 Å². The number of hydrogen-bond donors (Lipinski definition) is 2. The number of benzene rings is 2. The molecule has 0 fully saturated rings. The van der Waals surface area contributed by atoms with Crippen LogP contribution in [-0.4, -0.2) is 50.6 Å². The number of hydrogen-bond acceptors (Lipinski definition) is 9. The Morgan fingerprint density at radius 3 is 1.41 bits per heavy atom. The maximum atomic E-state index is 12.6. The summed E-state index contributed by atoms with van der Waals surface area (Å²) in [7, 11) is 5.47. The highest BCUT2D eigenvalue weighted by Crippen LogP contribution is 2.35. The summed E-state index contributed by atoms with van der Waals surface area (Å²) in [4.78, 5) is 25.3. The first kappa shape index (κ1) is 22.0. The van der Waals surface area contributed by atoms with E-state index in [0.717, 1.165) is 0 Å². The lowest BCUT2D eigenvalue weighted by Gasteiger charge is -2.15. The number of carbonyl (C=O) groups excluding carboxylic acids is 2. The monoisotopic (exact) mass is 406 g/mol. The highest BCUT2D eigenvalue weighted by atomic mass is 16.6. The van der Waals surface area contributed by atoms with Crippen LogP contribution in [0.1, 0.15) is 31.8 Å². The topological polar surface area (TPSA) is 121 Å². The molecule has 0 aliphatic carbocycles. The quantitative estimate of drug-likeness (QED) is 0.503. The fraction of sp³-hybridized carbons (Fsp3) is 0.300. The maximum Gasteiger partial charge on any atom is 0.346 e. The number of methoxy groups -OCH3 is 4. The molecule has 2 aromatic carbocycles. The molecule has 2 aromatic rings. The van der Waals surface area contributed by atoms with Crippen LogP contribution in [0.2, 0.25) is 0 Å². The lowest BCUT2D eigenvalue weighted by atomic mass is 10.0. The van der Waals surface area contributed by atoms with Crippen molar-refractivity contribution in [3.8, 4) is 23.0 Å². The minimum Gasteiger partial charge on any atom is -0.504 e. The second-order valence-corrected chi connectivity index (χ2v) is 5.83. The molecular formula is C20H22O9. The van der Waals surface area contributed by atoms with Gasteiger partial charge in [0, 0.05) is 25.3 Å². The number of phenolic OH excluding ortho intramolecular Hbond substituents is 2. The van der Waals surface area contributed by atoms with E-state index < -0.39 is 11.9 Å². The van der Waals surface area contributed by atoms with Gasteiger partial charge in [-0.25, -0.2) is 9.59 Å². The molecule has 29 heavy (non-hydrogen) atoms. The fourth-order valence-corrected chi connectivity index (χ4v) is 2.84. The van der Waals surface area contributed by atoms with Gasteiger partial charge in [0.1, 0.15) is 0 Å². The number of phenols is 2. The largest absolute Gasteiger partial charge is 0.504 e. The minimum absolute atomic E-state index is 0.00566. The Balaban J connectivity index is 2.41. The van der Waals surface area contributed by atoms with Crippen molar-refractivity contribution in [2.75, 3.05) is 28.4 Å². The lowest BCUT2D eigenvalue weighted by molar-refractivity contribution is 0.0391. The first-order chi connectivity index (χ1) is 13.9. The Morgan fingerprint density at radius 2 is 1.10 bits per heavy atom. The van der Waals surface area contributed by atoms with Gasteiger partial charge in [0.2, 0.25) is 0 Å². The van der Waals surface area contributed by atoms with Crippen LogP contribution in [0.4, 0.5) is 0 Å².